The first-order valence-electron chi connectivity index (χ1n) is 21.6. The van der Waals surface area contributed by atoms with Crippen molar-refractivity contribution in [3.8, 4) is 0 Å². The van der Waals surface area contributed by atoms with E-state index in [-0.39, 0.29) is 146 Å². The summed E-state index contributed by atoms with van der Waals surface area (Å²) in [5.74, 6) is -2.07. The predicted molar refractivity (Wildman–Crippen MR) is 342 cm³/mol. The molecule has 1 saturated heterocycles. The minimum atomic E-state index is -0.655. The van der Waals surface area contributed by atoms with Crippen LogP contribution in [0.4, 0.5) is 5.95 Å². The molecule has 12 N–H and O–H groups in total. The van der Waals surface area contributed by atoms with Gasteiger partial charge in [-0.3, -0.25) is 53.7 Å². The number of nitrogens with one attached hydrogen (secondary N) is 4. The highest BCUT2D eigenvalue weighted by Crippen LogP contribution is 2.29. The summed E-state index contributed by atoms with van der Waals surface area (Å²) in [6.07, 6.45) is 0. The van der Waals surface area contributed by atoms with Gasteiger partial charge in [-0.1, -0.05) is 140 Å². The largest absolute Gasteiger partial charge is 0.394 e. The highest BCUT2D eigenvalue weighted by molar-refractivity contribution is 7.15. The molecule has 0 saturated carbocycles. The second-order valence-electron chi connectivity index (χ2n) is 12.8. The zero-order valence-electron chi connectivity index (χ0n) is 41.8. The fraction of sp³-hybridized carbons (Fsp3) is 0.543. The molecular formula is C46H97Cl2N16O9P5. The van der Waals surface area contributed by atoms with Crippen molar-refractivity contribution in [2.24, 2.45) is 23.1 Å². The molecule has 32 heteroatoms. The molecule has 0 aromatic carbocycles. The fourth-order valence-electron chi connectivity index (χ4n) is 5.14. The number of hydrogen-bond donors (Lipinski definition) is 8. The number of guanidine groups is 1. The molecule has 1 fully saturated rings. The number of carbonyl (C=O) groups is 6. The number of rotatable bonds is 0. The minimum Gasteiger partial charge on any atom is -0.394 e. The standard InChI is InChI=1S/C6H4Cl2N3OP.C6H7N4O2P.C6H6N3O3P.C5H9N2OP.C5H8NO2P.5C2H6.CH5N3.7CH4/c7-4-2-1-11(13)5(12)3(2)9-6(8)10-4;7-6-8-3-2(4(11)9-6)1-10(13)5(3)12;10-4-2-1-9(13)5(11)3(2)7-6(12)8-4;1-3-2-7(9)5(8)4(3)6;1-3-2-6(9)5(8)4(3)7;5*1-2;2-1(3)4;;;;;;;/h1,13H2;1,13H2,(H3,7,8,9,11);1,13H2,(H2,7,8,10,12);2,6,9H2,1H3;3H,2,9H2,1H3;5*1-2H3;(H5,2,3,4);7*1H4. The molecule has 3 aromatic heterocycles. The normalized spacial score (nSPS) is 13.6. The number of halogens is 2. The van der Waals surface area contributed by atoms with Gasteiger partial charge >= 0.3 is 5.69 Å². The Morgan fingerprint density at radius 2 is 0.910 bits per heavy atom. The molecule has 5 aliphatic rings. The maximum Gasteiger partial charge on any atom is 0.326 e. The molecule has 454 valence electrons. The lowest BCUT2D eigenvalue weighted by Crippen LogP contribution is -2.26. The number of carbonyl (C=O) groups excluding carboxylic acids is 6. The first kappa shape index (κ1) is 95.3. The molecule has 78 heavy (non-hydrogen) atoms. The van der Waals surface area contributed by atoms with Gasteiger partial charge in [0.05, 0.1) is 36.5 Å². The molecule has 5 aliphatic heterocycles. The Bertz CT molecular complexity index is 2530. The van der Waals surface area contributed by atoms with E-state index in [2.05, 4.69) is 88.3 Å². The Hall–Kier alpha value is -5.00. The van der Waals surface area contributed by atoms with Gasteiger partial charge in [0.15, 0.2) is 5.96 Å². The first-order valence-corrected chi connectivity index (χ1v) is 25.0. The Morgan fingerprint density at radius 1 is 0.538 bits per heavy atom. The van der Waals surface area contributed by atoms with Gasteiger partial charge in [0.2, 0.25) is 17.0 Å². The predicted octanol–water partition coefficient (Wildman–Crippen LogP) is 7.53. The van der Waals surface area contributed by atoms with Crippen molar-refractivity contribution in [3.63, 3.8) is 0 Å². The average molecular weight is 1240 g/mol. The number of hydrogen-bond acceptors (Lipinski definition) is 15. The highest BCUT2D eigenvalue weighted by Gasteiger charge is 2.34. The van der Waals surface area contributed by atoms with Crippen LogP contribution in [0.5, 0.6) is 0 Å². The maximum atomic E-state index is 11.4. The van der Waals surface area contributed by atoms with Crippen molar-refractivity contribution >= 4 is 117 Å². The molecular weight excluding hydrogens is 1150 g/mol. The smallest absolute Gasteiger partial charge is 0.326 e. The van der Waals surface area contributed by atoms with Crippen molar-refractivity contribution in [2.45, 2.75) is 155 Å². The summed E-state index contributed by atoms with van der Waals surface area (Å²) in [7, 11) is 11.2. The third-order valence-electron chi connectivity index (χ3n) is 8.14. The first-order chi connectivity index (χ1) is 33.3. The number of ketones is 1. The van der Waals surface area contributed by atoms with E-state index in [1.54, 1.807) is 6.92 Å². The molecule has 8 heterocycles. The van der Waals surface area contributed by atoms with Gasteiger partial charge < -0.3 is 51.3 Å². The average Bonchev–Trinajstić information content (AvgIpc) is 4.04. The SMILES string of the molecule is C.C.C.C.C.C.C.CC.CC.CC.CC.CC.CC1=C(N)C(=O)N(P)C1.CC1CN(P)C(=O)C1=O.N=C(N)N.Nc1nc2c(c(=O)[nH]1)CN(P)C2=O.O=C1c2[nH]c(=O)[nH]c(=O)c2CN1P.O=C1c2nc(Cl)nc(Cl)c2CN1P. The van der Waals surface area contributed by atoms with Gasteiger partial charge in [0, 0.05) is 24.6 Å². The molecule has 6 atom stereocenters. The van der Waals surface area contributed by atoms with Crippen molar-refractivity contribution in [2.75, 3.05) is 18.8 Å². The fourth-order valence-corrected chi connectivity index (χ4v) is 7.36. The summed E-state index contributed by atoms with van der Waals surface area (Å²) in [6, 6.07) is 0. The van der Waals surface area contributed by atoms with E-state index in [4.69, 9.17) is 40.1 Å². The molecule has 6 unspecified atom stereocenters. The van der Waals surface area contributed by atoms with Gasteiger partial charge in [-0.2, -0.15) is 0 Å². The summed E-state index contributed by atoms with van der Waals surface area (Å²) in [5, 5.41) is 6.30. The molecule has 0 spiro atoms. The Morgan fingerprint density at radius 3 is 1.26 bits per heavy atom. The van der Waals surface area contributed by atoms with Gasteiger partial charge in [0.25, 0.3) is 40.7 Å². The summed E-state index contributed by atoms with van der Waals surface area (Å²) < 4.78 is 6.95. The zero-order valence-corrected chi connectivity index (χ0v) is 49.1. The van der Waals surface area contributed by atoms with Crippen molar-refractivity contribution in [3.05, 3.63) is 86.7 Å². The van der Waals surface area contributed by atoms with Gasteiger partial charge in [-0.25, -0.2) is 19.7 Å². The Labute approximate surface area is 485 Å². The van der Waals surface area contributed by atoms with Gasteiger partial charge in [-0.05, 0) is 71.1 Å². The lowest BCUT2D eigenvalue weighted by atomic mass is 10.1. The quantitative estimate of drug-likeness (QED) is 0.0269. The van der Waals surface area contributed by atoms with E-state index in [9.17, 15) is 43.2 Å². The summed E-state index contributed by atoms with van der Waals surface area (Å²) >= 11 is 11.3. The number of Topliss-reactive ketones (excluding diaryl/α,β-unsaturated/α-hetero) is 1. The van der Waals surface area contributed by atoms with Crippen LogP contribution in [0, 0.1) is 11.3 Å². The maximum absolute atomic E-state index is 11.4. The van der Waals surface area contributed by atoms with Crippen LogP contribution in [-0.4, -0.2) is 108 Å². The Kier molecular flexibility index (Phi) is 58.6. The van der Waals surface area contributed by atoms with Crippen LogP contribution in [0.3, 0.4) is 0 Å². The summed E-state index contributed by atoms with van der Waals surface area (Å²) in [5.41, 5.74) is 21.3. The molecule has 5 amide bonds. The number of amides is 5. The molecule has 0 radical (unpaired) electrons. The third kappa shape index (κ3) is 28.2. The molecule has 0 bridgehead atoms. The number of aromatic amines is 3. The number of aromatic nitrogens is 6. The third-order valence-corrected chi connectivity index (χ3v) is 10.7. The molecule has 8 rings (SSSR count). The molecule has 0 aliphatic carbocycles. The number of fused-ring (bicyclic) bond motifs is 3. The molecule has 3 aromatic rings. The van der Waals surface area contributed by atoms with Crippen LogP contribution < -0.4 is 39.7 Å². The van der Waals surface area contributed by atoms with E-state index in [1.807, 2.05) is 76.2 Å². The van der Waals surface area contributed by atoms with E-state index in [1.165, 1.54) is 23.4 Å². The Balaban J connectivity index is -0.0000000861. The van der Waals surface area contributed by atoms with E-state index in [0.717, 1.165) is 5.57 Å². The monoisotopic (exact) mass is 1240 g/mol. The number of nitrogen functional groups attached to an aromatic ring is 1. The van der Waals surface area contributed by atoms with Crippen LogP contribution >= 0.6 is 70.2 Å². The van der Waals surface area contributed by atoms with Crippen molar-refractivity contribution in [1.82, 2.24) is 53.3 Å². The highest BCUT2D eigenvalue weighted by atomic mass is 35.5. The van der Waals surface area contributed by atoms with Crippen LogP contribution in [0.25, 0.3) is 0 Å². The van der Waals surface area contributed by atoms with Crippen LogP contribution in [0.15, 0.2) is 25.7 Å². The van der Waals surface area contributed by atoms with Crippen molar-refractivity contribution in [1.29, 1.82) is 5.41 Å². The zero-order chi connectivity index (χ0) is 56.4. The van der Waals surface area contributed by atoms with Crippen molar-refractivity contribution < 1.29 is 28.8 Å². The van der Waals surface area contributed by atoms with E-state index in [0.29, 0.717) is 47.7 Å². The molecule has 25 nitrogen and oxygen atoms in total. The second kappa shape index (κ2) is 48.0. The van der Waals surface area contributed by atoms with Crippen LogP contribution in [0.1, 0.15) is 183 Å². The van der Waals surface area contributed by atoms with Crippen LogP contribution in [0.2, 0.25) is 10.4 Å². The number of nitrogens with zero attached hydrogens (tertiary/aromatic N) is 8. The topological polar surface area (TPSA) is 384 Å². The van der Waals surface area contributed by atoms with E-state index < -0.39 is 11.2 Å². The number of H-pyrrole nitrogens is 3. The van der Waals surface area contributed by atoms with Crippen LogP contribution in [-0.2, 0) is 34.0 Å². The lowest BCUT2D eigenvalue weighted by molar-refractivity contribution is -0.138. The van der Waals surface area contributed by atoms with Gasteiger partial charge in [-0.15, -0.1) is 0 Å². The lowest BCUT2D eigenvalue weighted by Gasteiger charge is -2.05. The second-order valence-corrected chi connectivity index (χ2v) is 16.6. The van der Waals surface area contributed by atoms with Gasteiger partial charge in [0.1, 0.15) is 22.2 Å². The summed E-state index contributed by atoms with van der Waals surface area (Å²) in [4.78, 5) is 117. The number of nitrogens with two attached hydrogens (primary N) is 4. The summed E-state index contributed by atoms with van der Waals surface area (Å²) in [6.45, 7) is 25.7. The van der Waals surface area contributed by atoms with E-state index >= 15 is 0 Å². The minimum absolute atomic E-state index is 0. The number of anilines is 1.